The highest BCUT2D eigenvalue weighted by molar-refractivity contribution is 6.34. The van der Waals surface area contributed by atoms with Crippen LogP contribution in [0.15, 0.2) is 24.3 Å². The normalized spacial score (nSPS) is 22.7. The summed E-state index contributed by atoms with van der Waals surface area (Å²) in [5.41, 5.74) is 0. The summed E-state index contributed by atoms with van der Waals surface area (Å²) >= 11 is 6.03. The van der Waals surface area contributed by atoms with Crippen molar-refractivity contribution < 1.29 is 0 Å². The standard InChI is InChI=1S/C13H14ClN3/c1-8-6-9(8)7-15-13-11-5-3-2-4-10(11)12(14)16-17-13/h2-5,8-9H,6-7H2,1H3,(H,15,17). The van der Waals surface area contributed by atoms with Crippen LogP contribution in [-0.4, -0.2) is 16.7 Å². The molecule has 1 aliphatic carbocycles. The van der Waals surface area contributed by atoms with E-state index in [1.165, 1.54) is 6.42 Å². The first-order valence-electron chi connectivity index (χ1n) is 5.90. The Morgan fingerprint density at radius 1 is 1.29 bits per heavy atom. The number of rotatable bonds is 3. The lowest BCUT2D eigenvalue weighted by molar-refractivity contribution is 0.783. The lowest BCUT2D eigenvalue weighted by atomic mass is 10.2. The van der Waals surface area contributed by atoms with E-state index in [0.29, 0.717) is 5.15 Å². The second kappa shape index (κ2) is 4.15. The summed E-state index contributed by atoms with van der Waals surface area (Å²) in [7, 11) is 0. The Kier molecular flexibility index (Phi) is 2.63. The maximum absolute atomic E-state index is 6.03. The fraction of sp³-hybridized carbons (Fsp3) is 0.385. The zero-order chi connectivity index (χ0) is 11.8. The molecule has 1 heterocycles. The average molecular weight is 248 g/mol. The van der Waals surface area contributed by atoms with Crippen LogP contribution in [0.25, 0.3) is 10.8 Å². The summed E-state index contributed by atoms with van der Waals surface area (Å²) in [5, 5.41) is 14.0. The highest BCUT2D eigenvalue weighted by Crippen LogP contribution is 2.37. The molecule has 0 saturated heterocycles. The molecular formula is C13H14ClN3. The van der Waals surface area contributed by atoms with Gasteiger partial charge in [0, 0.05) is 17.3 Å². The fourth-order valence-corrected chi connectivity index (χ4v) is 2.32. The van der Waals surface area contributed by atoms with Crippen molar-refractivity contribution in [1.82, 2.24) is 10.2 Å². The molecule has 1 aromatic heterocycles. The molecule has 2 aromatic rings. The van der Waals surface area contributed by atoms with Crippen molar-refractivity contribution >= 4 is 28.2 Å². The molecular weight excluding hydrogens is 234 g/mol. The van der Waals surface area contributed by atoms with Gasteiger partial charge >= 0.3 is 0 Å². The van der Waals surface area contributed by atoms with Gasteiger partial charge in [0.25, 0.3) is 0 Å². The zero-order valence-electron chi connectivity index (χ0n) is 9.65. The minimum absolute atomic E-state index is 0.464. The second-order valence-electron chi connectivity index (χ2n) is 4.74. The van der Waals surface area contributed by atoms with Crippen molar-refractivity contribution in [3.8, 4) is 0 Å². The quantitative estimate of drug-likeness (QED) is 0.904. The number of anilines is 1. The van der Waals surface area contributed by atoms with Crippen LogP contribution in [0.1, 0.15) is 13.3 Å². The molecule has 2 unspecified atom stereocenters. The number of aromatic nitrogens is 2. The molecule has 1 fully saturated rings. The van der Waals surface area contributed by atoms with Gasteiger partial charge in [0.2, 0.25) is 0 Å². The van der Waals surface area contributed by atoms with Crippen LogP contribution in [0.2, 0.25) is 5.15 Å². The van der Waals surface area contributed by atoms with E-state index in [9.17, 15) is 0 Å². The summed E-state index contributed by atoms with van der Waals surface area (Å²) in [6.07, 6.45) is 1.31. The van der Waals surface area contributed by atoms with Gasteiger partial charge in [-0.25, -0.2) is 0 Å². The monoisotopic (exact) mass is 247 g/mol. The summed E-state index contributed by atoms with van der Waals surface area (Å²) in [5.74, 6) is 2.46. The number of benzene rings is 1. The molecule has 88 valence electrons. The molecule has 1 N–H and O–H groups in total. The van der Waals surface area contributed by atoms with Crippen LogP contribution in [0.4, 0.5) is 5.82 Å². The lowest BCUT2D eigenvalue weighted by Gasteiger charge is -2.08. The third kappa shape index (κ3) is 2.07. The van der Waals surface area contributed by atoms with Gasteiger partial charge in [0.1, 0.15) is 0 Å². The van der Waals surface area contributed by atoms with Crippen molar-refractivity contribution in [2.75, 3.05) is 11.9 Å². The van der Waals surface area contributed by atoms with Crippen LogP contribution < -0.4 is 5.32 Å². The van der Waals surface area contributed by atoms with Crippen LogP contribution in [0.3, 0.4) is 0 Å². The minimum atomic E-state index is 0.464. The number of hydrogen-bond acceptors (Lipinski definition) is 3. The molecule has 4 heteroatoms. The van der Waals surface area contributed by atoms with Gasteiger partial charge in [0.05, 0.1) is 0 Å². The van der Waals surface area contributed by atoms with Crippen molar-refractivity contribution in [2.45, 2.75) is 13.3 Å². The number of fused-ring (bicyclic) bond motifs is 1. The largest absolute Gasteiger partial charge is 0.368 e. The van der Waals surface area contributed by atoms with Gasteiger partial charge in [-0.05, 0) is 18.3 Å². The van der Waals surface area contributed by atoms with Crippen LogP contribution in [0, 0.1) is 11.8 Å². The minimum Gasteiger partial charge on any atom is -0.368 e. The van der Waals surface area contributed by atoms with Crippen LogP contribution in [0.5, 0.6) is 0 Å². The van der Waals surface area contributed by atoms with Crippen LogP contribution >= 0.6 is 11.6 Å². The van der Waals surface area contributed by atoms with E-state index in [1.807, 2.05) is 24.3 Å². The fourth-order valence-electron chi connectivity index (χ4n) is 2.11. The molecule has 0 spiro atoms. The van der Waals surface area contributed by atoms with Gasteiger partial charge in [0.15, 0.2) is 11.0 Å². The maximum Gasteiger partial charge on any atom is 0.159 e. The van der Waals surface area contributed by atoms with Gasteiger partial charge in [-0.3, -0.25) is 0 Å². The van der Waals surface area contributed by atoms with E-state index in [1.54, 1.807) is 0 Å². The summed E-state index contributed by atoms with van der Waals surface area (Å²) in [6.45, 7) is 3.25. The van der Waals surface area contributed by atoms with Gasteiger partial charge < -0.3 is 5.32 Å². The Hall–Kier alpha value is -1.35. The topological polar surface area (TPSA) is 37.8 Å². The third-order valence-corrected chi connectivity index (χ3v) is 3.73. The van der Waals surface area contributed by atoms with Crippen molar-refractivity contribution in [3.05, 3.63) is 29.4 Å². The molecule has 1 saturated carbocycles. The van der Waals surface area contributed by atoms with Crippen molar-refractivity contribution in [1.29, 1.82) is 0 Å². The van der Waals surface area contributed by atoms with Gasteiger partial charge in [-0.2, -0.15) is 0 Å². The zero-order valence-corrected chi connectivity index (χ0v) is 10.4. The number of hydrogen-bond donors (Lipinski definition) is 1. The van der Waals surface area contributed by atoms with E-state index in [4.69, 9.17) is 11.6 Å². The predicted octanol–water partition coefficient (Wildman–Crippen LogP) is 3.35. The molecule has 1 aromatic carbocycles. The Morgan fingerprint density at radius 2 is 2.00 bits per heavy atom. The third-order valence-electron chi connectivity index (χ3n) is 3.45. The summed E-state index contributed by atoms with van der Waals surface area (Å²) < 4.78 is 0. The first kappa shape index (κ1) is 10.8. The molecule has 2 atom stereocenters. The second-order valence-corrected chi connectivity index (χ2v) is 5.10. The highest BCUT2D eigenvalue weighted by atomic mass is 35.5. The molecule has 0 radical (unpaired) electrons. The maximum atomic E-state index is 6.03. The smallest absolute Gasteiger partial charge is 0.159 e. The SMILES string of the molecule is CC1CC1CNc1nnc(Cl)c2ccccc12. The molecule has 0 aliphatic heterocycles. The van der Waals surface area contributed by atoms with E-state index in [-0.39, 0.29) is 0 Å². The molecule has 3 nitrogen and oxygen atoms in total. The Labute approximate surface area is 105 Å². The molecule has 3 rings (SSSR count). The summed E-state index contributed by atoms with van der Waals surface area (Å²) in [4.78, 5) is 0. The van der Waals surface area contributed by atoms with E-state index >= 15 is 0 Å². The Morgan fingerprint density at radius 3 is 2.71 bits per heavy atom. The summed E-state index contributed by atoms with van der Waals surface area (Å²) in [6, 6.07) is 7.94. The van der Waals surface area contributed by atoms with Gasteiger partial charge in [-0.1, -0.05) is 42.8 Å². The highest BCUT2D eigenvalue weighted by Gasteiger charge is 2.32. The lowest BCUT2D eigenvalue weighted by Crippen LogP contribution is -2.07. The number of nitrogens with one attached hydrogen (secondary N) is 1. The van der Waals surface area contributed by atoms with Crippen molar-refractivity contribution in [3.63, 3.8) is 0 Å². The Balaban J connectivity index is 1.90. The van der Waals surface area contributed by atoms with Gasteiger partial charge in [-0.15, -0.1) is 10.2 Å². The van der Waals surface area contributed by atoms with E-state index in [2.05, 4.69) is 22.4 Å². The molecule has 17 heavy (non-hydrogen) atoms. The predicted molar refractivity (Wildman–Crippen MR) is 70.3 cm³/mol. The molecule has 1 aliphatic rings. The molecule has 0 amide bonds. The number of nitrogens with zero attached hydrogens (tertiary/aromatic N) is 2. The first-order chi connectivity index (χ1) is 8.25. The first-order valence-corrected chi connectivity index (χ1v) is 6.28. The van der Waals surface area contributed by atoms with E-state index < -0.39 is 0 Å². The number of halogens is 1. The van der Waals surface area contributed by atoms with E-state index in [0.717, 1.165) is 35.0 Å². The average Bonchev–Trinajstić information content (AvgIpc) is 3.05. The Bertz CT molecular complexity index is 555. The van der Waals surface area contributed by atoms with Crippen LogP contribution in [-0.2, 0) is 0 Å². The molecule has 0 bridgehead atoms. The van der Waals surface area contributed by atoms with Crippen molar-refractivity contribution in [2.24, 2.45) is 11.8 Å².